The first-order chi connectivity index (χ1) is 14.3. The molecule has 0 unspecified atom stereocenters. The Morgan fingerprint density at radius 2 is 1.77 bits per heavy atom. The first kappa shape index (κ1) is 22.1. The minimum absolute atomic E-state index is 0.0324. The molecule has 0 radical (unpaired) electrons. The van der Waals surface area contributed by atoms with E-state index in [-0.39, 0.29) is 20.5 Å². The molecular formula is C19H14Cl2N2O5S2. The molecule has 0 spiro atoms. The maximum Gasteiger partial charge on any atom is 0.340 e. The lowest BCUT2D eigenvalue weighted by molar-refractivity contribution is -0.119. The van der Waals surface area contributed by atoms with E-state index in [0.717, 1.165) is 11.3 Å². The molecule has 7 nitrogen and oxygen atoms in total. The minimum Gasteiger partial charge on any atom is -0.452 e. The van der Waals surface area contributed by atoms with Crippen LogP contribution in [-0.4, -0.2) is 26.9 Å². The summed E-state index contributed by atoms with van der Waals surface area (Å²) < 4.78 is 32.3. The average Bonchev–Trinajstić information content (AvgIpc) is 3.24. The van der Waals surface area contributed by atoms with Crippen LogP contribution in [0.3, 0.4) is 0 Å². The molecule has 2 N–H and O–H groups in total. The van der Waals surface area contributed by atoms with E-state index in [2.05, 4.69) is 10.0 Å². The second kappa shape index (κ2) is 9.48. The standard InChI is InChI=1S/C19H14Cl2N2O5S2/c20-12-7-8-16(14(21)10-12)22-17(24)11-28-19(25)13-4-1-2-5-15(13)23-30(26,27)18-6-3-9-29-18/h1-10,23H,11H2,(H,22,24). The Bertz CT molecular complexity index is 1180. The summed E-state index contributed by atoms with van der Waals surface area (Å²) in [6.45, 7) is -0.593. The molecular weight excluding hydrogens is 471 g/mol. The van der Waals surface area contributed by atoms with Gasteiger partial charge in [-0.15, -0.1) is 11.3 Å². The third-order valence-corrected chi connectivity index (χ3v) is 7.00. The van der Waals surface area contributed by atoms with Crippen LogP contribution in [0.5, 0.6) is 0 Å². The normalized spacial score (nSPS) is 11.0. The van der Waals surface area contributed by atoms with Gasteiger partial charge in [0.2, 0.25) is 0 Å². The second-order valence-corrected chi connectivity index (χ2v) is 9.53. The van der Waals surface area contributed by atoms with Crippen LogP contribution in [0.1, 0.15) is 10.4 Å². The number of nitrogens with one attached hydrogen (secondary N) is 2. The van der Waals surface area contributed by atoms with Crippen molar-refractivity contribution in [1.29, 1.82) is 0 Å². The summed E-state index contributed by atoms with van der Waals surface area (Å²) >= 11 is 12.8. The Kier molecular flexibility index (Phi) is 6.99. The van der Waals surface area contributed by atoms with Gasteiger partial charge in [0.1, 0.15) is 4.21 Å². The molecule has 0 saturated heterocycles. The molecule has 0 bridgehead atoms. The number of thiophene rings is 1. The van der Waals surface area contributed by atoms with Crippen molar-refractivity contribution < 1.29 is 22.7 Å². The molecule has 0 aliphatic carbocycles. The van der Waals surface area contributed by atoms with Gasteiger partial charge >= 0.3 is 5.97 Å². The predicted molar refractivity (Wildman–Crippen MR) is 117 cm³/mol. The first-order valence-corrected chi connectivity index (χ1v) is 11.5. The number of anilines is 2. The molecule has 0 aliphatic rings. The molecule has 3 rings (SSSR count). The summed E-state index contributed by atoms with van der Waals surface area (Å²) in [6, 6.07) is 13.5. The Morgan fingerprint density at radius 3 is 2.47 bits per heavy atom. The van der Waals surface area contributed by atoms with Crippen LogP contribution in [0.2, 0.25) is 10.0 Å². The number of halogens is 2. The Morgan fingerprint density at radius 1 is 1.00 bits per heavy atom. The lowest BCUT2D eigenvalue weighted by Gasteiger charge is -2.12. The lowest BCUT2D eigenvalue weighted by Crippen LogP contribution is -2.22. The summed E-state index contributed by atoms with van der Waals surface area (Å²) in [5, 5.41) is 4.76. The number of esters is 1. The van der Waals surface area contributed by atoms with Crippen molar-refractivity contribution >= 4 is 67.8 Å². The maximum atomic E-state index is 12.4. The quantitative estimate of drug-likeness (QED) is 0.475. The molecule has 0 fully saturated rings. The van der Waals surface area contributed by atoms with Gasteiger partial charge in [-0.1, -0.05) is 41.4 Å². The van der Waals surface area contributed by atoms with Crippen LogP contribution < -0.4 is 10.0 Å². The second-order valence-electron chi connectivity index (χ2n) is 5.83. The fraction of sp³-hybridized carbons (Fsp3) is 0.0526. The number of para-hydroxylation sites is 1. The van der Waals surface area contributed by atoms with Gasteiger partial charge in [0, 0.05) is 5.02 Å². The van der Waals surface area contributed by atoms with Gasteiger partial charge in [-0.05, 0) is 41.8 Å². The zero-order valence-corrected chi connectivity index (χ0v) is 18.2. The molecule has 156 valence electrons. The monoisotopic (exact) mass is 484 g/mol. The number of sulfonamides is 1. The Labute approximate surface area is 186 Å². The largest absolute Gasteiger partial charge is 0.452 e. The van der Waals surface area contributed by atoms with Gasteiger partial charge in [0.15, 0.2) is 6.61 Å². The summed E-state index contributed by atoms with van der Waals surface area (Å²) in [5.74, 6) is -1.49. The fourth-order valence-corrected chi connectivity index (χ4v) is 4.88. The highest BCUT2D eigenvalue weighted by Crippen LogP contribution is 2.26. The summed E-state index contributed by atoms with van der Waals surface area (Å²) in [7, 11) is -3.85. The average molecular weight is 485 g/mol. The van der Waals surface area contributed by atoms with Crippen molar-refractivity contribution in [1.82, 2.24) is 0 Å². The minimum atomic E-state index is -3.85. The van der Waals surface area contributed by atoms with E-state index < -0.39 is 28.5 Å². The number of benzene rings is 2. The highest BCUT2D eigenvalue weighted by atomic mass is 35.5. The van der Waals surface area contributed by atoms with E-state index in [1.54, 1.807) is 29.6 Å². The van der Waals surface area contributed by atoms with Crippen LogP contribution in [0.25, 0.3) is 0 Å². The third-order valence-electron chi connectivity index (χ3n) is 3.69. The van der Waals surface area contributed by atoms with Gasteiger partial charge in [-0.2, -0.15) is 0 Å². The molecule has 3 aromatic rings. The number of carbonyl (C=O) groups excluding carboxylic acids is 2. The molecule has 0 atom stereocenters. The molecule has 1 heterocycles. The summed E-state index contributed by atoms with van der Waals surface area (Å²) in [5.41, 5.74) is 0.318. The van der Waals surface area contributed by atoms with E-state index in [1.165, 1.54) is 30.3 Å². The van der Waals surface area contributed by atoms with Crippen LogP contribution in [-0.2, 0) is 19.6 Å². The SMILES string of the molecule is O=C(COC(=O)c1ccccc1NS(=O)(=O)c1cccs1)Nc1ccc(Cl)cc1Cl. The van der Waals surface area contributed by atoms with E-state index in [9.17, 15) is 18.0 Å². The van der Waals surface area contributed by atoms with Gasteiger partial charge in [0.25, 0.3) is 15.9 Å². The van der Waals surface area contributed by atoms with Crippen LogP contribution in [0, 0.1) is 0 Å². The van der Waals surface area contributed by atoms with Crippen molar-refractivity contribution in [3.63, 3.8) is 0 Å². The Balaban J connectivity index is 1.66. The lowest BCUT2D eigenvalue weighted by atomic mass is 10.2. The molecule has 1 aromatic heterocycles. The molecule has 0 aliphatic heterocycles. The van der Waals surface area contributed by atoms with Gasteiger partial charge in [-0.25, -0.2) is 13.2 Å². The van der Waals surface area contributed by atoms with E-state index in [4.69, 9.17) is 27.9 Å². The third kappa shape index (κ3) is 5.51. The van der Waals surface area contributed by atoms with Crippen molar-refractivity contribution in [2.24, 2.45) is 0 Å². The number of carbonyl (C=O) groups is 2. The van der Waals surface area contributed by atoms with E-state index >= 15 is 0 Å². The molecule has 2 aromatic carbocycles. The van der Waals surface area contributed by atoms with Crippen molar-refractivity contribution in [2.75, 3.05) is 16.6 Å². The number of hydrogen-bond donors (Lipinski definition) is 2. The topological polar surface area (TPSA) is 102 Å². The van der Waals surface area contributed by atoms with Crippen molar-refractivity contribution in [2.45, 2.75) is 4.21 Å². The van der Waals surface area contributed by atoms with Crippen LogP contribution in [0.4, 0.5) is 11.4 Å². The highest BCUT2D eigenvalue weighted by Gasteiger charge is 2.20. The van der Waals surface area contributed by atoms with Crippen molar-refractivity contribution in [3.8, 4) is 0 Å². The molecule has 1 amide bonds. The zero-order valence-electron chi connectivity index (χ0n) is 15.1. The Hall–Kier alpha value is -2.59. The smallest absolute Gasteiger partial charge is 0.340 e. The molecule has 30 heavy (non-hydrogen) atoms. The van der Waals surface area contributed by atoms with Gasteiger partial charge in [-0.3, -0.25) is 9.52 Å². The van der Waals surface area contributed by atoms with Crippen molar-refractivity contribution in [3.05, 3.63) is 75.6 Å². The number of hydrogen-bond acceptors (Lipinski definition) is 6. The van der Waals surface area contributed by atoms with Crippen LogP contribution >= 0.6 is 34.5 Å². The van der Waals surface area contributed by atoms with E-state index in [0.29, 0.717) is 10.7 Å². The zero-order chi connectivity index (χ0) is 21.7. The molecule has 11 heteroatoms. The number of rotatable bonds is 7. The number of amides is 1. The van der Waals surface area contributed by atoms with Crippen LogP contribution in [0.15, 0.2) is 64.2 Å². The molecule has 0 saturated carbocycles. The fourth-order valence-electron chi connectivity index (χ4n) is 2.35. The van der Waals surface area contributed by atoms with E-state index in [1.807, 2.05) is 0 Å². The van der Waals surface area contributed by atoms with Gasteiger partial charge in [0.05, 0.1) is 22.0 Å². The summed E-state index contributed by atoms with van der Waals surface area (Å²) in [4.78, 5) is 24.5. The van der Waals surface area contributed by atoms with Gasteiger partial charge < -0.3 is 10.1 Å². The predicted octanol–water partition coefficient (Wildman–Crippen LogP) is 4.65. The summed E-state index contributed by atoms with van der Waals surface area (Å²) in [6.07, 6.45) is 0. The maximum absolute atomic E-state index is 12.4. The number of ether oxygens (including phenoxy) is 1. The highest BCUT2D eigenvalue weighted by molar-refractivity contribution is 7.94. The first-order valence-electron chi connectivity index (χ1n) is 8.33.